The third-order valence-electron chi connectivity index (χ3n) is 9.29. The Bertz CT molecular complexity index is 2300. The summed E-state index contributed by atoms with van der Waals surface area (Å²) < 4.78 is 38.4. The van der Waals surface area contributed by atoms with Gasteiger partial charge in [-0.2, -0.15) is 9.97 Å². The van der Waals surface area contributed by atoms with E-state index in [1.807, 2.05) is 18.3 Å². The van der Waals surface area contributed by atoms with Gasteiger partial charge in [-0.25, -0.2) is 18.6 Å². The zero-order valence-corrected chi connectivity index (χ0v) is 27.0. The Morgan fingerprint density at radius 3 is 2.90 bits per heavy atom. The maximum absolute atomic E-state index is 14.7. The number of halogens is 2. The molecule has 0 radical (unpaired) electrons. The fraction of sp³-hybridized carbons (Fsp3) is 0.297. The molecule has 0 amide bonds. The Morgan fingerprint density at radius 2 is 2.10 bits per heavy atom. The first-order valence-corrected chi connectivity index (χ1v) is 16.1. The number of rotatable bonds is 6. The summed E-state index contributed by atoms with van der Waals surface area (Å²) in [5, 5.41) is 15.6. The number of benzene rings is 2. The second kappa shape index (κ2) is 13.2. The third-order valence-corrected chi connectivity index (χ3v) is 9.29. The van der Waals surface area contributed by atoms with E-state index in [2.05, 4.69) is 36.1 Å². The highest BCUT2D eigenvalue weighted by Crippen LogP contribution is 2.39. The standard InChI is InChI=1S/C30H22FN5O4.C7H12FN/c1-4-19-22(31)8-7-16-12-18(37)13-21(23(16)19)26-15(2)25-24(29(38)40-26)28(36-30(35-25)39-3)33-11-9-17-14-34-27-20(17)6-5-10-32-27;8-6-4-7-2-1-3-9(7)5-6/h1,5-8,10,12-14,37H,9,11H2,2-3H3,(H,32,34)(H,33,35,36);6-7H,1-5H2. The van der Waals surface area contributed by atoms with E-state index < -0.39 is 17.6 Å². The van der Waals surface area contributed by atoms with Crippen molar-refractivity contribution in [3.8, 4) is 35.4 Å². The second-order valence-electron chi connectivity index (χ2n) is 12.3. The van der Waals surface area contributed by atoms with Gasteiger partial charge in [0.2, 0.25) is 0 Å². The largest absolute Gasteiger partial charge is 0.508 e. The van der Waals surface area contributed by atoms with E-state index in [4.69, 9.17) is 15.6 Å². The number of phenolic OH excluding ortho intramolecular Hbond substituents is 1. The first-order valence-electron chi connectivity index (χ1n) is 16.1. The van der Waals surface area contributed by atoms with Gasteiger partial charge in [-0.15, -0.1) is 6.42 Å². The van der Waals surface area contributed by atoms with Gasteiger partial charge in [-0.05, 0) is 80.4 Å². The number of hydrogen-bond acceptors (Lipinski definition) is 9. The van der Waals surface area contributed by atoms with Crippen LogP contribution in [0.15, 0.2) is 58.0 Å². The summed E-state index contributed by atoms with van der Waals surface area (Å²) in [5.74, 6) is 2.01. The summed E-state index contributed by atoms with van der Waals surface area (Å²) in [7, 11) is 1.43. The van der Waals surface area contributed by atoms with E-state index in [9.17, 15) is 18.7 Å². The Morgan fingerprint density at radius 1 is 1.24 bits per heavy atom. The van der Waals surface area contributed by atoms with Gasteiger partial charge < -0.3 is 24.6 Å². The first kappa shape index (κ1) is 32.0. The van der Waals surface area contributed by atoms with E-state index in [1.165, 1.54) is 44.2 Å². The number of hydrogen-bond donors (Lipinski definition) is 3. The average Bonchev–Trinajstić information content (AvgIpc) is 3.81. The van der Waals surface area contributed by atoms with Crippen LogP contribution >= 0.6 is 0 Å². The Balaban J connectivity index is 0.000000361. The maximum atomic E-state index is 14.7. The molecule has 2 aliphatic heterocycles. The summed E-state index contributed by atoms with van der Waals surface area (Å²) >= 11 is 0. The van der Waals surface area contributed by atoms with Crippen LogP contribution in [0.5, 0.6) is 11.8 Å². The number of terminal acetylenes is 1. The first-order chi connectivity index (χ1) is 23.7. The molecule has 4 aromatic heterocycles. The number of aromatic hydroxyl groups is 1. The van der Waals surface area contributed by atoms with Crippen molar-refractivity contribution in [3.05, 3.63) is 81.7 Å². The lowest BCUT2D eigenvalue weighted by Crippen LogP contribution is -2.22. The minimum atomic E-state index is -0.716. The summed E-state index contributed by atoms with van der Waals surface area (Å²) in [5.41, 5.74) is 2.13. The smallest absolute Gasteiger partial charge is 0.349 e. The van der Waals surface area contributed by atoms with Crippen LogP contribution < -0.4 is 15.7 Å². The van der Waals surface area contributed by atoms with Gasteiger partial charge in [0, 0.05) is 53.4 Å². The minimum Gasteiger partial charge on any atom is -0.508 e. The van der Waals surface area contributed by atoms with Gasteiger partial charge in [0.05, 0.1) is 18.2 Å². The molecule has 2 atom stereocenters. The maximum Gasteiger partial charge on any atom is 0.349 e. The molecular formula is C37H34F2N6O4. The zero-order chi connectivity index (χ0) is 34.2. The molecule has 2 fully saturated rings. The van der Waals surface area contributed by atoms with E-state index in [1.54, 1.807) is 13.1 Å². The van der Waals surface area contributed by atoms with Crippen LogP contribution in [0.25, 0.3) is 44.0 Å². The van der Waals surface area contributed by atoms with Crippen molar-refractivity contribution in [3.63, 3.8) is 0 Å². The summed E-state index contributed by atoms with van der Waals surface area (Å²) in [6.07, 6.45) is 12.7. The van der Waals surface area contributed by atoms with E-state index in [0.29, 0.717) is 41.9 Å². The van der Waals surface area contributed by atoms with E-state index in [-0.39, 0.29) is 45.4 Å². The molecule has 6 heterocycles. The number of nitrogens with one attached hydrogen (secondary N) is 2. The summed E-state index contributed by atoms with van der Waals surface area (Å²) in [6, 6.07) is 10.1. The predicted octanol–water partition coefficient (Wildman–Crippen LogP) is 6.27. The molecule has 49 heavy (non-hydrogen) atoms. The zero-order valence-electron chi connectivity index (χ0n) is 27.0. The van der Waals surface area contributed by atoms with E-state index >= 15 is 0 Å². The van der Waals surface area contributed by atoms with Crippen LogP contribution in [0, 0.1) is 25.1 Å². The Kier molecular flexibility index (Phi) is 8.60. The van der Waals surface area contributed by atoms with Gasteiger partial charge in [-0.3, -0.25) is 4.90 Å². The molecule has 250 valence electrons. The predicted molar refractivity (Wildman–Crippen MR) is 184 cm³/mol. The van der Waals surface area contributed by atoms with Crippen molar-refractivity contribution < 1.29 is 23.0 Å². The van der Waals surface area contributed by atoms with Gasteiger partial charge >= 0.3 is 11.6 Å². The fourth-order valence-corrected chi connectivity index (χ4v) is 7.02. The number of ether oxygens (including phenoxy) is 1. The van der Waals surface area contributed by atoms with Crippen LogP contribution in [-0.2, 0) is 6.42 Å². The molecule has 3 N–H and O–H groups in total. The normalized spacial score (nSPS) is 17.2. The lowest BCUT2D eigenvalue weighted by molar-refractivity contribution is 0.292. The number of nitrogens with zero attached hydrogens (tertiary/aromatic N) is 4. The topological polar surface area (TPSA) is 129 Å². The number of phenols is 1. The molecule has 8 rings (SSSR count). The highest BCUT2D eigenvalue weighted by atomic mass is 19.1. The minimum absolute atomic E-state index is 0.00949. The molecule has 12 heteroatoms. The highest BCUT2D eigenvalue weighted by Gasteiger charge is 2.34. The SMILES string of the molecule is C#Cc1c(F)ccc2cc(O)cc(-c3oc(=O)c4c(NCCc5c[nH]c6ncccc56)nc(OC)nc4c3C)c12.FC1CC2CCCN2C1. The molecular weight excluding hydrogens is 630 g/mol. The number of aromatic nitrogens is 4. The monoisotopic (exact) mass is 664 g/mol. The van der Waals surface area contributed by atoms with E-state index in [0.717, 1.165) is 29.6 Å². The molecule has 2 unspecified atom stereocenters. The van der Waals surface area contributed by atoms with Gasteiger partial charge in [0.1, 0.15) is 40.3 Å². The molecule has 0 bridgehead atoms. The van der Waals surface area contributed by atoms with Crippen LogP contribution in [0.4, 0.5) is 14.6 Å². The fourth-order valence-electron chi connectivity index (χ4n) is 7.02. The molecule has 2 aliphatic rings. The van der Waals surface area contributed by atoms with Crippen LogP contribution in [0.1, 0.15) is 36.0 Å². The number of pyridine rings is 1. The quantitative estimate of drug-likeness (QED) is 0.177. The lowest BCUT2D eigenvalue weighted by atomic mass is 9.95. The van der Waals surface area contributed by atoms with Crippen molar-refractivity contribution in [1.82, 2.24) is 24.8 Å². The van der Waals surface area contributed by atoms with Crippen LogP contribution in [0.2, 0.25) is 0 Å². The number of aryl methyl sites for hydroxylation is 1. The molecule has 6 aromatic rings. The number of aromatic amines is 1. The molecule has 2 saturated heterocycles. The second-order valence-corrected chi connectivity index (χ2v) is 12.3. The molecule has 0 saturated carbocycles. The molecule has 10 nitrogen and oxygen atoms in total. The van der Waals surface area contributed by atoms with Gasteiger partial charge in [0.25, 0.3) is 0 Å². The van der Waals surface area contributed by atoms with Gasteiger partial charge in [-0.1, -0.05) is 12.0 Å². The van der Waals surface area contributed by atoms with Crippen molar-refractivity contribution in [2.24, 2.45) is 0 Å². The number of anilines is 1. The van der Waals surface area contributed by atoms with Crippen LogP contribution in [0.3, 0.4) is 0 Å². The van der Waals surface area contributed by atoms with Crippen LogP contribution in [-0.4, -0.2) is 68.9 Å². The third kappa shape index (κ3) is 6.02. The molecule has 0 spiro atoms. The number of fused-ring (bicyclic) bond motifs is 4. The van der Waals surface area contributed by atoms with Gasteiger partial charge in [0.15, 0.2) is 0 Å². The number of H-pyrrole nitrogens is 1. The summed E-state index contributed by atoms with van der Waals surface area (Å²) in [6.45, 7) is 4.01. The number of alkyl halides is 1. The van der Waals surface area contributed by atoms with Crippen molar-refractivity contribution in [2.45, 2.75) is 44.8 Å². The Hall–Kier alpha value is -5.54. The van der Waals surface area contributed by atoms with Crippen molar-refractivity contribution in [1.29, 1.82) is 0 Å². The highest BCUT2D eigenvalue weighted by molar-refractivity contribution is 6.03. The van der Waals surface area contributed by atoms with Crippen molar-refractivity contribution in [2.75, 3.05) is 32.1 Å². The summed E-state index contributed by atoms with van der Waals surface area (Å²) in [4.78, 5) is 32.0. The molecule has 2 aromatic carbocycles. The number of methoxy groups -OCH3 is 1. The molecule has 0 aliphatic carbocycles. The average molecular weight is 665 g/mol. The lowest BCUT2D eigenvalue weighted by Gasteiger charge is -2.15. The Labute approximate surface area is 280 Å². The van der Waals surface area contributed by atoms with Crippen molar-refractivity contribution >= 4 is 38.5 Å².